The van der Waals surface area contributed by atoms with Gasteiger partial charge in [0, 0.05) is 60.5 Å². The van der Waals surface area contributed by atoms with Crippen LogP contribution in [0.25, 0.3) is 22.0 Å². The molecule has 12 heteroatoms. The lowest BCUT2D eigenvalue weighted by atomic mass is 9.64. The number of benzene rings is 2. The van der Waals surface area contributed by atoms with Crippen LogP contribution in [0.2, 0.25) is 0 Å². The van der Waals surface area contributed by atoms with E-state index < -0.39 is 32.0 Å². The lowest BCUT2D eigenvalue weighted by Crippen LogP contribution is -2.57. The van der Waals surface area contributed by atoms with Crippen molar-refractivity contribution in [1.82, 2.24) is 14.9 Å². The average molecular weight is 605 g/mol. The molecule has 1 amide bonds. The molecule has 3 aliphatic rings. The number of likely N-dealkylation sites (N-methyl/N-ethyl adjacent to an activating group) is 2. The Balaban J connectivity index is 1.36. The summed E-state index contributed by atoms with van der Waals surface area (Å²) in [6.45, 7) is 1.22. The number of fused-ring (bicyclic) bond motifs is 4. The molecule has 0 radical (unpaired) electrons. The second kappa shape index (κ2) is 9.68. The highest BCUT2D eigenvalue weighted by Crippen LogP contribution is 2.55. The first kappa shape index (κ1) is 27.7. The number of hydrogen-bond donors (Lipinski definition) is 1. The van der Waals surface area contributed by atoms with Crippen LogP contribution in [0.3, 0.4) is 0 Å². The lowest BCUT2D eigenvalue weighted by molar-refractivity contribution is -0.125. The summed E-state index contributed by atoms with van der Waals surface area (Å²) < 4.78 is 59.5. The summed E-state index contributed by atoms with van der Waals surface area (Å²) in [5.41, 5.74) is 2.02. The van der Waals surface area contributed by atoms with Gasteiger partial charge in [0.25, 0.3) is 10.0 Å². The number of halogens is 2. The van der Waals surface area contributed by atoms with E-state index in [4.69, 9.17) is 0 Å². The van der Waals surface area contributed by atoms with Gasteiger partial charge in [0.1, 0.15) is 16.5 Å². The van der Waals surface area contributed by atoms with Gasteiger partial charge in [-0.3, -0.25) is 14.5 Å². The Morgan fingerprint density at radius 2 is 1.77 bits per heavy atom. The molecule has 4 heterocycles. The first-order valence-corrected chi connectivity index (χ1v) is 15.6. The van der Waals surface area contributed by atoms with Gasteiger partial charge in [0.2, 0.25) is 5.91 Å². The third-order valence-electron chi connectivity index (χ3n) is 9.14. The van der Waals surface area contributed by atoms with Crippen LogP contribution in [0.1, 0.15) is 24.8 Å². The highest BCUT2D eigenvalue weighted by atomic mass is 32.2. The Morgan fingerprint density at radius 1 is 1.02 bits per heavy atom. The molecule has 1 saturated heterocycles. The predicted octanol–water partition coefficient (Wildman–Crippen LogP) is 4.52. The van der Waals surface area contributed by atoms with E-state index in [0.717, 1.165) is 36.6 Å². The van der Waals surface area contributed by atoms with Crippen molar-refractivity contribution in [3.05, 3.63) is 72.1 Å². The molecule has 1 saturated carbocycles. The fraction of sp³-hybridized carbons (Fsp3) is 0.323. The highest BCUT2D eigenvalue weighted by molar-refractivity contribution is 7.92. The van der Waals surface area contributed by atoms with E-state index in [1.807, 2.05) is 19.0 Å². The fourth-order valence-corrected chi connectivity index (χ4v) is 7.59. The molecule has 2 aromatic heterocycles. The van der Waals surface area contributed by atoms with Gasteiger partial charge in [0.15, 0.2) is 5.82 Å². The second-order valence-electron chi connectivity index (χ2n) is 11.8. The van der Waals surface area contributed by atoms with Crippen LogP contribution in [0.15, 0.2) is 59.8 Å². The Kier molecular flexibility index (Phi) is 6.23. The van der Waals surface area contributed by atoms with Crippen LogP contribution in [0, 0.1) is 11.6 Å². The molecular weight excluding hydrogens is 574 g/mol. The molecule has 4 aromatic rings. The van der Waals surface area contributed by atoms with Gasteiger partial charge in [-0.25, -0.2) is 22.2 Å². The van der Waals surface area contributed by atoms with E-state index in [1.165, 1.54) is 36.5 Å². The molecule has 0 atom stereocenters. The van der Waals surface area contributed by atoms with Gasteiger partial charge >= 0.3 is 0 Å². The van der Waals surface area contributed by atoms with Crippen LogP contribution < -0.4 is 14.5 Å². The summed E-state index contributed by atoms with van der Waals surface area (Å²) in [7, 11) is 1.33. The van der Waals surface area contributed by atoms with Crippen molar-refractivity contribution in [1.29, 1.82) is 0 Å². The monoisotopic (exact) mass is 604 g/mol. The van der Waals surface area contributed by atoms with E-state index in [0.29, 0.717) is 35.4 Å². The number of rotatable bonds is 6. The Morgan fingerprint density at radius 3 is 2.44 bits per heavy atom. The molecule has 2 fully saturated rings. The molecule has 9 nitrogen and oxygen atoms in total. The summed E-state index contributed by atoms with van der Waals surface area (Å²) >= 11 is 0. The van der Waals surface area contributed by atoms with Gasteiger partial charge in [-0.1, -0.05) is 18.6 Å². The first-order valence-electron chi connectivity index (χ1n) is 14.1. The SMILES string of the molecule is CN1C(=O)C2(CCC2)c2c1cnc1cc(F)c(-c3cnc(N4CC(N(C)C)C4)c(NS(=O)(=O)c4ccccc4F)c3)cc21. The molecule has 1 spiro atoms. The molecule has 1 N–H and O–H groups in total. The van der Waals surface area contributed by atoms with Gasteiger partial charge in [-0.15, -0.1) is 0 Å². The van der Waals surface area contributed by atoms with Crippen molar-refractivity contribution >= 4 is 44.0 Å². The molecule has 0 unspecified atom stereocenters. The molecule has 2 aliphatic heterocycles. The average Bonchev–Trinajstić information content (AvgIpc) is 3.15. The Labute approximate surface area is 248 Å². The third-order valence-corrected chi connectivity index (χ3v) is 10.5. The van der Waals surface area contributed by atoms with Crippen molar-refractivity contribution in [3.63, 3.8) is 0 Å². The van der Waals surface area contributed by atoms with Crippen LogP contribution in [-0.2, 0) is 20.2 Å². The quantitative estimate of drug-likeness (QED) is 0.346. The predicted molar refractivity (Wildman–Crippen MR) is 161 cm³/mol. The number of pyridine rings is 2. The maximum absolute atomic E-state index is 15.7. The smallest absolute Gasteiger partial charge is 0.264 e. The van der Waals surface area contributed by atoms with Gasteiger partial charge in [0.05, 0.1) is 28.5 Å². The van der Waals surface area contributed by atoms with Gasteiger partial charge in [-0.05, 0) is 51.2 Å². The zero-order valence-corrected chi connectivity index (χ0v) is 24.8. The lowest BCUT2D eigenvalue weighted by Gasteiger charge is -2.44. The van der Waals surface area contributed by atoms with Crippen molar-refractivity contribution in [2.24, 2.45) is 0 Å². The van der Waals surface area contributed by atoms with Crippen molar-refractivity contribution in [3.8, 4) is 11.1 Å². The number of sulfonamides is 1. The number of nitrogens with one attached hydrogen (secondary N) is 1. The minimum atomic E-state index is -4.34. The topological polar surface area (TPSA) is 98.7 Å². The van der Waals surface area contributed by atoms with Gasteiger partial charge < -0.3 is 14.7 Å². The minimum absolute atomic E-state index is 0.0235. The molecule has 43 heavy (non-hydrogen) atoms. The number of carbonyl (C=O) groups excluding carboxylic acids is 1. The number of carbonyl (C=O) groups is 1. The summed E-state index contributed by atoms with van der Waals surface area (Å²) in [5.74, 6) is -1.06. The van der Waals surface area contributed by atoms with Crippen molar-refractivity contribution < 1.29 is 22.0 Å². The van der Waals surface area contributed by atoms with E-state index in [1.54, 1.807) is 24.2 Å². The van der Waals surface area contributed by atoms with E-state index in [2.05, 4.69) is 19.6 Å². The Hall–Kier alpha value is -4.16. The van der Waals surface area contributed by atoms with Crippen LogP contribution in [-0.4, -0.2) is 69.5 Å². The minimum Gasteiger partial charge on any atom is -0.352 e. The maximum atomic E-state index is 15.7. The largest absolute Gasteiger partial charge is 0.352 e. The van der Waals surface area contributed by atoms with Crippen molar-refractivity contribution in [2.45, 2.75) is 35.6 Å². The number of hydrogen-bond acceptors (Lipinski definition) is 7. The number of amides is 1. The molecule has 222 valence electrons. The first-order chi connectivity index (χ1) is 20.5. The number of anilines is 3. The zero-order valence-electron chi connectivity index (χ0n) is 23.9. The molecular formula is C31H30F2N6O3S. The standard InChI is InChI=1S/C31H30F2N6O3S/c1-37(2)19-16-39(17-19)29-25(36-43(41,42)27-8-5-4-7-22(27)32)11-18(14-35-29)20-12-21-24(13-23(20)33)34-15-26-28(21)31(9-6-10-31)30(40)38(26)3/h4-5,7-8,11-15,19,36H,6,9-10,16-17H2,1-3H3. The highest BCUT2D eigenvalue weighted by Gasteiger charge is 2.54. The third kappa shape index (κ3) is 4.18. The maximum Gasteiger partial charge on any atom is 0.264 e. The zero-order chi connectivity index (χ0) is 30.3. The molecule has 0 bridgehead atoms. The summed E-state index contributed by atoms with van der Waals surface area (Å²) in [6.07, 6.45) is 5.51. The number of aromatic nitrogens is 2. The van der Waals surface area contributed by atoms with Crippen molar-refractivity contribution in [2.75, 3.05) is 48.8 Å². The second-order valence-corrected chi connectivity index (χ2v) is 13.5. The normalized spacial score (nSPS) is 17.9. The van der Waals surface area contributed by atoms with Crippen LogP contribution in [0.5, 0.6) is 0 Å². The fourth-order valence-electron chi connectivity index (χ4n) is 6.46. The van der Waals surface area contributed by atoms with E-state index in [9.17, 15) is 17.6 Å². The Bertz CT molecular complexity index is 1920. The summed E-state index contributed by atoms with van der Waals surface area (Å²) in [6, 6.07) is 9.93. The summed E-state index contributed by atoms with van der Waals surface area (Å²) in [4.78, 5) is 27.4. The molecule has 1 aliphatic carbocycles. The van der Waals surface area contributed by atoms with E-state index in [-0.39, 0.29) is 23.2 Å². The van der Waals surface area contributed by atoms with Crippen LogP contribution in [0.4, 0.5) is 26.0 Å². The van der Waals surface area contributed by atoms with Gasteiger partial charge in [-0.2, -0.15) is 0 Å². The van der Waals surface area contributed by atoms with Crippen LogP contribution >= 0.6 is 0 Å². The molecule has 2 aromatic carbocycles. The number of nitrogens with zero attached hydrogens (tertiary/aromatic N) is 5. The summed E-state index contributed by atoms with van der Waals surface area (Å²) in [5, 5.41) is 0.681. The van der Waals surface area contributed by atoms with E-state index >= 15 is 4.39 Å². The molecule has 7 rings (SSSR count).